The van der Waals surface area contributed by atoms with Gasteiger partial charge in [0, 0.05) is 0 Å². The molecule has 170 valence electrons. The van der Waals surface area contributed by atoms with Crippen molar-refractivity contribution in [1.82, 2.24) is 0 Å². The van der Waals surface area contributed by atoms with Crippen LogP contribution >= 0.6 is 15.6 Å². The van der Waals surface area contributed by atoms with Crippen LogP contribution < -0.4 is 0 Å². The van der Waals surface area contributed by atoms with E-state index in [1.54, 1.807) is 27.7 Å². The molecule has 0 amide bonds. The van der Waals surface area contributed by atoms with Gasteiger partial charge in [0.15, 0.2) is 0 Å². The Bertz CT molecular complexity index is 492. The summed E-state index contributed by atoms with van der Waals surface area (Å²) >= 11 is 0. The molecule has 0 spiro atoms. The Kier molecular flexibility index (Phi) is 11.6. The monoisotopic (exact) mass is 450 g/mol. The van der Waals surface area contributed by atoms with Crippen molar-refractivity contribution in [3.63, 3.8) is 0 Å². The summed E-state index contributed by atoms with van der Waals surface area (Å²) in [5, 5.41) is 20.2. The Morgan fingerprint density at radius 1 is 0.679 bits per heavy atom. The zero-order valence-corrected chi connectivity index (χ0v) is 18.8. The Morgan fingerprint density at radius 3 is 1.21 bits per heavy atom. The second kappa shape index (κ2) is 11.5. The largest absolute Gasteiger partial charge is 0.469 e. The molecule has 0 aromatic heterocycles. The minimum absolute atomic E-state index is 0.127. The van der Waals surface area contributed by atoms with Crippen LogP contribution in [0.25, 0.3) is 0 Å². The van der Waals surface area contributed by atoms with E-state index in [0.29, 0.717) is 38.5 Å². The van der Waals surface area contributed by atoms with Crippen LogP contribution in [0.5, 0.6) is 0 Å². The van der Waals surface area contributed by atoms with E-state index in [4.69, 9.17) is 19.6 Å². The van der Waals surface area contributed by atoms with Crippen molar-refractivity contribution >= 4 is 15.6 Å². The molecule has 0 saturated carbocycles. The van der Waals surface area contributed by atoms with Gasteiger partial charge in [-0.2, -0.15) is 0 Å². The van der Waals surface area contributed by atoms with Gasteiger partial charge in [-0.1, -0.05) is 27.7 Å². The van der Waals surface area contributed by atoms with Crippen molar-refractivity contribution in [2.45, 2.75) is 78.4 Å². The highest BCUT2D eigenvalue weighted by molar-refractivity contribution is 7.46. The molecule has 0 saturated heterocycles. The average molecular weight is 450 g/mol. The Balaban J connectivity index is 4.12. The molecule has 10 nitrogen and oxygen atoms in total. The highest BCUT2D eigenvalue weighted by Gasteiger charge is 2.26. The average Bonchev–Trinajstić information content (AvgIpc) is 2.52. The maximum atomic E-state index is 10.8. The predicted octanol–water partition coefficient (Wildman–Crippen LogP) is 2.32. The number of hydrogen-bond acceptors (Lipinski definition) is 6. The van der Waals surface area contributed by atoms with E-state index in [0.717, 1.165) is 0 Å². The maximum absolute atomic E-state index is 10.8. The molecule has 0 rings (SSSR count). The summed E-state index contributed by atoms with van der Waals surface area (Å²) in [4.78, 5) is 35.0. The number of phosphoric ester groups is 2. The topological polar surface area (TPSA) is 174 Å². The van der Waals surface area contributed by atoms with Crippen molar-refractivity contribution in [3.8, 4) is 0 Å². The number of rotatable bonds is 15. The molecule has 0 radical (unpaired) electrons. The molecule has 0 aliphatic carbocycles. The summed E-state index contributed by atoms with van der Waals surface area (Å²) in [6.07, 6.45) is 1.24. The van der Waals surface area contributed by atoms with Gasteiger partial charge in [-0.25, -0.2) is 9.13 Å². The predicted molar refractivity (Wildman–Crippen MR) is 103 cm³/mol. The first kappa shape index (κ1) is 28.1. The van der Waals surface area contributed by atoms with Crippen LogP contribution in [-0.4, -0.2) is 55.2 Å². The van der Waals surface area contributed by atoms with Crippen molar-refractivity contribution < 1.29 is 48.0 Å². The van der Waals surface area contributed by atoms with Gasteiger partial charge in [0.2, 0.25) is 0 Å². The second-order valence-electron chi connectivity index (χ2n) is 8.82. The third-order valence-corrected chi connectivity index (χ3v) is 5.32. The third-order valence-electron chi connectivity index (χ3n) is 4.39. The van der Waals surface area contributed by atoms with Crippen LogP contribution in [0.1, 0.15) is 66.2 Å². The lowest BCUT2D eigenvalue weighted by Gasteiger charge is -2.27. The first-order chi connectivity index (χ1) is 12.4. The summed E-state index contributed by atoms with van der Waals surface area (Å²) in [6.45, 7) is 6.88. The molecule has 6 N–H and O–H groups in total. The zero-order chi connectivity index (χ0) is 22.2. The molecule has 0 heterocycles. The molecule has 12 heteroatoms. The van der Waals surface area contributed by atoms with Crippen molar-refractivity contribution in [2.24, 2.45) is 10.8 Å². The normalized spacial score (nSPS) is 16.2. The van der Waals surface area contributed by atoms with E-state index in [1.165, 1.54) is 0 Å². The van der Waals surface area contributed by atoms with Crippen LogP contribution in [0.2, 0.25) is 0 Å². The van der Waals surface area contributed by atoms with E-state index in [2.05, 4.69) is 9.05 Å². The molecule has 0 fully saturated rings. The summed E-state index contributed by atoms with van der Waals surface area (Å²) in [5.74, 6) is 0. The van der Waals surface area contributed by atoms with E-state index in [9.17, 15) is 19.3 Å². The Morgan fingerprint density at radius 2 is 0.964 bits per heavy atom. The fourth-order valence-electron chi connectivity index (χ4n) is 2.45. The molecular formula is C16H36O10P2. The molecule has 0 aromatic carbocycles. The Hall–Kier alpha value is 0.140. The van der Waals surface area contributed by atoms with Crippen molar-refractivity contribution in [1.29, 1.82) is 0 Å². The lowest BCUT2D eigenvalue weighted by molar-refractivity contribution is 0.0693. The molecule has 0 bridgehead atoms. The Labute approximate surface area is 166 Å². The molecule has 28 heavy (non-hydrogen) atoms. The molecular weight excluding hydrogens is 414 g/mol. The molecule has 2 atom stereocenters. The van der Waals surface area contributed by atoms with Crippen molar-refractivity contribution in [3.05, 3.63) is 0 Å². The lowest BCUT2D eigenvalue weighted by Crippen LogP contribution is -2.23. The van der Waals surface area contributed by atoms with Gasteiger partial charge < -0.3 is 29.8 Å². The van der Waals surface area contributed by atoms with E-state index in [1.807, 2.05) is 0 Å². The van der Waals surface area contributed by atoms with Crippen molar-refractivity contribution in [2.75, 3.05) is 13.2 Å². The van der Waals surface area contributed by atoms with Crippen LogP contribution in [-0.2, 0) is 18.2 Å². The van der Waals surface area contributed by atoms with Gasteiger partial charge in [0.25, 0.3) is 0 Å². The standard InChI is InChI=1S/C16H36O10P2/c1-15(2,11-25-27(19,20)21)9-7-13(17)5-6-14(18)8-10-16(3,4)12-26-28(22,23)24/h13-14,17-18H,5-12H2,1-4H3,(H2,19,20,21)(H2,22,23,24). The summed E-state index contributed by atoms with van der Waals surface area (Å²) in [6, 6.07) is 0. The highest BCUT2D eigenvalue weighted by Crippen LogP contribution is 2.40. The number of hydrogen-bond donors (Lipinski definition) is 6. The van der Waals surface area contributed by atoms with Gasteiger partial charge in [0.1, 0.15) is 0 Å². The number of phosphoric acid groups is 2. The smallest absolute Gasteiger partial charge is 0.393 e. The van der Waals surface area contributed by atoms with E-state index in [-0.39, 0.29) is 13.2 Å². The van der Waals surface area contributed by atoms with Crippen LogP contribution in [0, 0.1) is 10.8 Å². The van der Waals surface area contributed by atoms with Gasteiger partial charge in [-0.3, -0.25) is 9.05 Å². The fourth-order valence-corrected chi connectivity index (χ4v) is 3.49. The maximum Gasteiger partial charge on any atom is 0.469 e. The van der Waals surface area contributed by atoms with Gasteiger partial charge >= 0.3 is 15.6 Å². The van der Waals surface area contributed by atoms with E-state index < -0.39 is 38.7 Å². The SMILES string of the molecule is CC(C)(CCC(O)CCC(O)CCC(C)(C)COP(=O)(O)O)COP(=O)(O)O. The van der Waals surface area contributed by atoms with Crippen LogP contribution in [0.15, 0.2) is 0 Å². The van der Waals surface area contributed by atoms with Gasteiger partial charge in [0.05, 0.1) is 25.4 Å². The molecule has 2 unspecified atom stereocenters. The van der Waals surface area contributed by atoms with Gasteiger partial charge in [-0.05, 0) is 49.4 Å². The number of aliphatic hydroxyl groups is 2. The summed E-state index contributed by atoms with van der Waals surface area (Å²) in [7, 11) is -9.04. The summed E-state index contributed by atoms with van der Waals surface area (Å²) < 4.78 is 30.6. The molecule has 0 aliphatic rings. The first-order valence-corrected chi connectivity index (χ1v) is 12.2. The van der Waals surface area contributed by atoms with E-state index >= 15 is 0 Å². The highest BCUT2D eigenvalue weighted by atomic mass is 31.2. The first-order valence-electron chi connectivity index (χ1n) is 9.17. The third kappa shape index (κ3) is 17.0. The quantitative estimate of drug-likeness (QED) is 0.203. The zero-order valence-electron chi connectivity index (χ0n) is 17.0. The van der Waals surface area contributed by atoms with Gasteiger partial charge in [-0.15, -0.1) is 0 Å². The summed E-state index contributed by atoms with van der Waals surface area (Å²) in [5.41, 5.74) is -1.02. The fraction of sp³-hybridized carbons (Fsp3) is 1.00. The lowest BCUT2D eigenvalue weighted by atomic mass is 9.85. The minimum Gasteiger partial charge on any atom is -0.393 e. The minimum atomic E-state index is -4.52. The second-order valence-corrected chi connectivity index (χ2v) is 11.3. The molecule has 0 aliphatic heterocycles. The van der Waals surface area contributed by atoms with Crippen LogP contribution in [0.3, 0.4) is 0 Å². The van der Waals surface area contributed by atoms with Crippen LogP contribution in [0.4, 0.5) is 0 Å². The number of aliphatic hydroxyl groups excluding tert-OH is 2. The molecule has 0 aromatic rings.